The molecule has 1 N–H and O–H groups in total. The molecule has 0 aromatic heterocycles. The Hall–Kier alpha value is -0.0800. The molecule has 62 valence electrons. The van der Waals surface area contributed by atoms with Crippen molar-refractivity contribution in [3.63, 3.8) is 0 Å². The van der Waals surface area contributed by atoms with Gasteiger partial charge in [-0.15, -0.1) is 0 Å². The third kappa shape index (κ3) is 3.18. The highest BCUT2D eigenvalue weighted by molar-refractivity contribution is 4.56. The fourth-order valence-electron chi connectivity index (χ4n) is 0.829. The Morgan fingerprint density at radius 3 is 2.20 bits per heavy atom. The SMILES string of the molecule is C1CNC1.CC1CCOC1.[HH]. The Labute approximate surface area is 64.4 Å². The van der Waals surface area contributed by atoms with Crippen molar-refractivity contribution in [1.82, 2.24) is 5.32 Å². The third-order valence-electron chi connectivity index (χ3n) is 1.86. The van der Waals surface area contributed by atoms with Crippen molar-refractivity contribution in [2.45, 2.75) is 19.8 Å². The van der Waals surface area contributed by atoms with Crippen LogP contribution in [0.15, 0.2) is 0 Å². The lowest BCUT2D eigenvalue weighted by atomic mass is 10.2. The minimum atomic E-state index is 0. The fourth-order valence-corrected chi connectivity index (χ4v) is 0.829. The molecule has 0 saturated carbocycles. The quantitative estimate of drug-likeness (QED) is 0.554. The van der Waals surface area contributed by atoms with Gasteiger partial charge in [0.15, 0.2) is 0 Å². The summed E-state index contributed by atoms with van der Waals surface area (Å²) >= 11 is 0. The minimum Gasteiger partial charge on any atom is -0.381 e. The second-order valence-electron chi connectivity index (χ2n) is 3.07. The summed E-state index contributed by atoms with van der Waals surface area (Å²) < 4.78 is 5.06. The largest absolute Gasteiger partial charge is 0.381 e. The van der Waals surface area contributed by atoms with Crippen LogP contribution in [0.2, 0.25) is 0 Å². The Balaban J connectivity index is 0.000000177. The Bertz CT molecular complexity index is 76.2. The van der Waals surface area contributed by atoms with E-state index in [1.54, 1.807) is 0 Å². The molecule has 0 radical (unpaired) electrons. The maximum Gasteiger partial charge on any atom is 0.0492 e. The van der Waals surface area contributed by atoms with Crippen molar-refractivity contribution in [1.29, 1.82) is 0 Å². The summed E-state index contributed by atoms with van der Waals surface area (Å²) in [7, 11) is 0. The summed E-state index contributed by atoms with van der Waals surface area (Å²) in [6.45, 7) is 6.69. The van der Waals surface area contributed by atoms with Crippen LogP contribution >= 0.6 is 0 Å². The number of hydrogen-bond donors (Lipinski definition) is 1. The van der Waals surface area contributed by atoms with Gasteiger partial charge in [0, 0.05) is 14.6 Å². The monoisotopic (exact) mass is 145 g/mol. The van der Waals surface area contributed by atoms with Gasteiger partial charge in [-0.25, -0.2) is 0 Å². The molecule has 2 heterocycles. The van der Waals surface area contributed by atoms with Crippen LogP contribution in [0.25, 0.3) is 0 Å². The van der Waals surface area contributed by atoms with Crippen molar-refractivity contribution < 1.29 is 6.16 Å². The van der Waals surface area contributed by atoms with Gasteiger partial charge in [0.05, 0.1) is 0 Å². The predicted molar refractivity (Wildman–Crippen MR) is 44.2 cm³/mol. The predicted octanol–water partition coefficient (Wildman–Crippen LogP) is 1.27. The number of nitrogens with one attached hydrogen (secondary N) is 1. The lowest BCUT2D eigenvalue weighted by Crippen LogP contribution is -2.29. The first-order chi connectivity index (χ1) is 4.89. The standard InChI is InChI=1S/C5H10O.C3H7N.H2/c1-5-2-3-6-4-5;1-2-4-3-1;/h5H,2-4H2,1H3;4H,1-3H2;1H. The first-order valence-corrected chi connectivity index (χ1v) is 4.18. The van der Waals surface area contributed by atoms with Crippen LogP contribution in [0.3, 0.4) is 0 Å². The zero-order valence-corrected chi connectivity index (χ0v) is 6.73. The van der Waals surface area contributed by atoms with Gasteiger partial charge in [0.25, 0.3) is 0 Å². The second kappa shape index (κ2) is 4.69. The maximum atomic E-state index is 5.06. The van der Waals surface area contributed by atoms with Gasteiger partial charge in [-0.05, 0) is 31.8 Å². The average molecular weight is 145 g/mol. The van der Waals surface area contributed by atoms with E-state index in [9.17, 15) is 0 Å². The van der Waals surface area contributed by atoms with Crippen LogP contribution in [-0.4, -0.2) is 26.3 Å². The molecule has 0 spiro atoms. The molecule has 0 aromatic rings. The van der Waals surface area contributed by atoms with Gasteiger partial charge in [0.2, 0.25) is 0 Å². The van der Waals surface area contributed by atoms with Crippen LogP contribution < -0.4 is 5.32 Å². The van der Waals surface area contributed by atoms with Crippen LogP contribution in [-0.2, 0) is 4.74 Å². The van der Waals surface area contributed by atoms with E-state index in [0.717, 1.165) is 19.1 Å². The highest BCUT2D eigenvalue weighted by atomic mass is 16.5. The summed E-state index contributed by atoms with van der Waals surface area (Å²) in [5.74, 6) is 0.824. The van der Waals surface area contributed by atoms with Crippen LogP contribution in [0.4, 0.5) is 0 Å². The van der Waals surface area contributed by atoms with Gasteiger partial charge in [0.1, 0.15) is 0 Å². The van der Waals surface area contributed by atoms with Crippen LogP contribution in [0.5, 0.6) is 0 Å². The molecule has 0 aliphatic carbocycles. The molecule has 0 aromatic carbocycles. The molecule has 2 rings (SSSR count). The van der Waals surface area contributed by atoms with Crippen molar-refractivity contribution in [2.75, 3.05) is 26.3 Å². The smallest absolute Gasteiger partial charge is 0.0492 e. The van der Waals surface area contributed by atoms with E-state index in [1.165, 1.54) is 25.9 Å². The molecular formula is C8H19NO. The summed E-state index contributed by atoms with van der Waals surface area (Å²) in [5.41, 5.74) is 0. The van der Waals surface area contributed by atoms with Crippen molar-refractivity contribution in [2.24, 2.45) is 5.92 Å². The Kier molecular flexibility index (Phi) is 3.76. The van der Waals surface area contributed by atoms with E-state index < -0.39 is 0 Å². The normalized spacial score (nSPS) is 30.3. The average Bonchev–Trinajstić information content (AvgIpc) is 2.12. The maximum absolute atomic E-state index is 5.06. The van der Waals surface area contributed by atoms with E-state index in [-0.39, 0.29) is 1.43 Å². The summed E-state index contributed by atoms with van der Waals surface area (Å²) in [4.78, 5) is 0. The first-order valence-electron chi connectivity index (χ1n) is 4.18. The molecule has 2 aliphatic rings. The lowest BCUT2D eigenvalue weighted by molar-refractivity contribution is 0.188. The van der Waals surface area contributed by atoms with Gasteiger partial charge in [-0.3, -0.25) is 0 Å². The Morgan fingerprint density at radius 2 is 2.10 bits per heavy atom. The van der Waals surface area contributed by atoms with E-state index >= 15 is 0 Å². The van der Waals surface area contributed by atoms with Gasteiger partial charge >= 0.3 is 0 Å². The number of hydrogen-bond acceptors (Lipinski definition) is 2. The number of rotatable bonds is 0. The molecule has 2 fully saturated rings. The van der Waals surface area contributed by atoms with Gasteiger partial charge < -0.3 is 10.1 Å². The van der Waals surface area contributed by atoms with Crippen molar-refractivity contribution in [3.8, 4) is 0 Å². The summed E-state index contributed by atoms with van der Waals surface area (Å²) in [6, 6.07) is 0. The molecule has 1 atom stereocenters. The van der Waals surface area contributed by atoms with Crippen molar-refractivity contribution in [3.05, 3.63) is 0 Å². The number of ether oxygens (including phenoxy) is 1. The molecule has 0 amide bonds. The summed E-state index contributed by atoms with van der Waals surface area (Å²) in [5, 5.41) is 3.11. The van der Waals surface area contributed by atoms with Crippen LogP contribution in [0.1, 0.15) is 21.2 Å². The molecular weight excluding hydrogens is 126 g/mol. The molecule has 2 heteroatoms. The molecule has 1 unspecified atom stereocenters. The highest BCUT2D eigenvalue weighted by Crippen LogP contribution is 2.09. The van der Waals surface area contributed by atoms with Crippen LogP contribution in [0, 0.1) is 5.92 Å². The van der Waals surface area contributed by atoms with E-state index in [4.69, 9.17) is 4.74 Å². The van der Waals surface area contributed by atoms with E-state index in [0.29, 0.717) is 0 Å². The molecule has 0 bridgehead atoms. The zero-order chi connectivity index (χ0) is 7.23. The van der Waals surface area contributed by atoms with Gasteiger partial charge in [-0.2, -0.15) is 0 Å². The fraction of sp³-hybridized carbons (Fsp3) is 1.00. The third-order valence-corrected chi connectivity index (χ3v) is 1.86. The topological polar surface area (TPSA) is 21.3 Å². The first kappa shape index (κ1) is 8.02. The van der Waals surface area contributed by atoms with E-state index in [2.05, 4.69) is 12.2 Å². The van der Waals surface area contributed by atoms with Crippen molar-refractivity contribution >= 4 is 0 Å². The zero-order valence-electron chi connectivity index (χ0n) is 6.73. The minimum absolute atomic E-state index is 0. The molecule has 2 saturated heterocycles. The Morgan fingerprint density at radius 1 is 1.50 bits per heavy atom. The van der Waals surface area contributed by atoms with Gasteiger partial charge in [-0.1, -0.05) is 6.92 Å². The molecule has 10 heavy (non-hydrogen) atoms. The summed E-state index contributed by atoms with van der Waals surface area (Å²) in [6.07, 6.45) is 2.65. The lowest BCUT2D eigenvalue weighted by Gasteiger charge is -2.09. The molecule has 2 nitrogen and oxygen atoms in total. The molecule has 2 aliphatic heterocycles. The second-order valence-corrected chi connectivity index (χ2v) is 3.07. The highest BCUT2D eigenvalue weighted by Gasteiger charge is 2.07. The van der Waals surface area contributed by atoms with E-state index in [1.807, 2.05) is 0 Å².